The number of hydrogen-bond acceptors (Lipinski definition) is 4. The van der Waals surface area contributed by atoms with Crippen LogP contribution in [0.3, 0.4) is 0 Å². The number of carbonyl (C=O) groups excluding carboxylic acids is 2. The molecule has 0 aliphatic carbocycles. The van der Waals surface area contributed by atoms with Crippen molar-refractivity contribution in [3.05, 3.63) is 82.9 Å². The summed E-state index contributed by atoms with van der Waals surface area (Å²) in [6.45, 7) is 1.90. The van der Waals surface area contributed by atoms with Gasteiger partial charge in [-0.1, -0.05) is 48.5 Å². The van der Waals surface area contributed by atoms with Crippen LogP contribution in [0, 0.1) is 0 Å². The predicted octanol–water partition coefficient (Wildman–Crippen LogP) is 2.81. The van der Waals surface area contributed by atoms with Crippen LogP contribution in [0.4, 0.5) is 0 Å². The lowest BCUT2D eigenvalue weighted by Crippen LogP contribution is -2.42. The summed E-state index contributed by atoms with van der Waals surface area (Å²) in [5, 5.41) is 13.2. The highest BCUT2D eigenvalue weighted by atomic mass is 16.3. The van der Waals surface area contributed by atoms with E-state index in [9.17, 15) is 14.7 Å². The van der Waals surface area contributed by atoms with Gasteiger partial charge in [0.05, 0.1) is 23.8 Å². The summed E-state index contributed by atoms with van der Waals surface area (Å²) in [6.07, 6.45) is -0.799. The van der Waals surface area contributed by atoms with E-state index in [0.717, 1.165) is 18.0 Å². The maximum atomic E-state index is 12.5. The fourth-order valence-electron chi connectivity index (χ4n) is 4.40. The van der Waals surface area contributed by atoms with Gasteiger partial charge in [0.15, 0.2) is 0 Å². The van der Waals surface area contributed by atoms with Crippen LogP contribution in [-0.4, -0.2) is 45.9 Å². The molecule has 0 spiro atoms. The molecule has 3 aromatic rings. The molecule has 0 bridgehead atoms. The quantitative estimate of drug-likeness (QED) is 0.716. The number of aliphatic hydroxyl groups is 1. The second kappa shape index (κ2) is 6.55. The molecule has 3 aromatic carbocycles. The SMILES string of the molecule is O=C1c2ccccc2C(=O)N1CC(O)CN1Cc2cccc3cccc(c23)C1. The highest BCUT2D eigenvalue weighted by Crippen LogP contribution is 2.30. The van der Waals surface area contributed by atoms with E-state index in [1.54, 1.807) is 24.3 Å². The molecule has 1 N–H and O–H groups in total. The van der Waals surface area contributed by atoms with Crippen LogP contribution in [0.25, 0.3) is 10.8 Å². The van der Waals surface area contributed by atoms with Gasteiger partial charge in [-0.05, 0) is 34.0 Å². The van der Waals surface area contributed by atoms with Crippen molar-refractivity contribution in [3.8, 4) is 0 Å². The Labute approximate surface area is 162 Å². The van der Waals surface area contributed by atoms with E-state index in [1.807, 2.05) is 0 Å². The summed E-state index contributed by atoms with van der Waals surface area (Å²) in [5.74, 6) is -0.651. The van der Waals surface area contributed by atoms with Crippen LogP contribution in [0.15, 0.2) is 60.7 Å². The molecule has 0 saturated heterocycles. The van der Waals surface area contributed by atoms with Gasteiger partial charge >= 0.3 is 0 Å². The van der Waals surface area contributed by atoms with Crippen molar-refractivity contribution in [2.24, 2.45) is 0 Å². The fourth-order valence-corrected chi connectivity index (χ4v) is 4.40. The lowest BCUT2D eigenvalue weighted by atomic mass is 9.95. The Bertz CT molecular complexity index is 1030. The van der Waals surface area contributed by atoms with Crippen molar-refractivity contribution in [1.82, 2.24) is 9.80 Å². The summed E-state index contributed by atoms with van der Waals surface area (Å²) in [6, 6.07) is 19.4. The van der Waals surface area contributed by atoms with Gasteiger partial charge in [-0.15, -0.1) is 0 Å². The average Bonchev–Trinajstić information content (AvgIpc) is 2.93. The summed E-state index contributed by atoms with van der Waals surface area (Å²) in [4.78, 5) is 28.3. The largest absolute Gasteiger partial charge is 0.390 e. The molecule has 5 heteroatoms. The maximum Gasteiger partial charge on any atom is 0.261 e. The van der Waals surface area contributed by atoms with Crippen molar-refractivity contribution in [3.63, 3.8) is 0 Å². The van der Waals surface area contributed by atoms with E-state index < -0.39 is 6.10 Å². The molecule has 5 rings (SSSR count). The van der Waals surface area contributed by atoms with Gasteiger partial charge in [0.25, 0.3) is 11.8 Å². The molecule has 0 fully saturated rings. The Morgan fingerprint density at radius 1 is 0.786 bits per heavy atom. The summed E-state index contributed by atoms with van der Waals surface area (Å²) in [5.41, 5.74) is 3.32. The molecule has 28 heavy (non-hydrogen) atoms. The number of nitrogens with zero attached hydrogens (tertiary/aromatic N) is 2. The minimum absolute atomic E-state index is 0.00862. The topological polar surface area (TPSA) is 60.9 Å². The molecule has 1 unspecified atom stereocenters. The lowest BCUT2D eigenvalue weighted by molar-refractivity contribution is 0.0456. The van der Waals surface area contributed by atoms with Crippen molar-refractivity contribution >= 4 is 22.6 Å². The zero-order chi connectivity index (χ0) is 19.3. The Morgan fingerprint density at radius 3 is 1.93 bits per heavy atom. The molecule has 2 aliphatic rings. The Balaban J connectivity index is 1.30. The molecule has 140 valence electrons. The van der Waals surface area contributed by atoms with Gasteiger partial charge < -0.3 is 5.11 Å². The number of aliphatic hydroxyl groups excluding tert-OH is 1. The summed E-state index contributed by atoms with van der Waals surface area (Å²) in [7, 11) is 0. The van der Waals surface area contributed by atoms with Crippen LogP contribution >= 0.6 is 0 Å². The van der Waals surface area contributed by atoms with E-state index in [2.05, 4.69) is 41.3 Å². The zero-order valence-corrected chi connectivity index (χ0v) is 15.3. The summed E-state index contributed by atoms with van der Waals surface area (Å²) >= 11 is 0. The van der Waals surface area contributed by atoms with E-state index in [-0.39, 0.29) is 18.4 Å². The average molecular weight is 372 g/mol. The first kappa shape index (κ1) is 17.1. The van der Waals surface area contributed by atoms with E-state index in [1.165, 1.54) is 21.9 Å². The van der Waals surface area contributed by atoms with Crippen molar-refractivity contribution in [1.29, 1.82) is 0 Å². The van der Waals surface area contributed by atoms with E-state index in [0.29, 0.717) is 17.7 Å². The monoisotopic (exact) mass is 372 g/mol. The third kappa shape index (κ3) is 2.71. The molecule has 2 amide bonds. The number of imide groups is 1. The minimum atomic E-state index is -0.799. The number of rotatable bonds is 4. The maximum absolute atomic E-state index is 12.5. The molecule has 5 nitrogen and oxygen atoms in total. The molecule has 0 saturated carbocycles. The minimum Gasteiger partial charge on any atom is -0.390 e. The molecule has 0 radical (unpaired) electrons. The van der Waals surface area contributed by atoms with E-state index in [4.69, 9.17) is 0 Å². The molecule has 0 aromatic heterocycles. The van der Waals surface area contributed by atoms with Gasteiger partial charge in [-0.2, -0.15) is 0 Å². The standard InChI is InChI=1S/C23H20N2O3/c26-18(14-25-22(27)19-9-1-2-10-20(19)23(25)28)13-24-11-16-7-3-5-15-6-4-8-17(12-24)21(15)16/h1-10,18,26H,11-14H2. The predicted molar refractivity (Wildman–Crippen MR) is 106 cm³/mol. The molecule has 1 atom stereocenters. The molecule has 2 heterocycles. The second-order valence-electron chi connectivity index (χ2n) is 7.52. The Hall–Kier alpha value is -3.02. The number of β-amino-alcohol motifs (C(OH)–C–C–N with tert-alkyl or cyclic N) is 1. The summed E-state index contributed by atoms with van der Waals surface area (Å²) < 4.78 is 0. The highest BCUT2D eigenvalue weighted by molar-refractivity contribution is 6.21. The van der Waals surface area contributed by atoms with Crippen LogP contribution in [0.1, 0.15) is 31.8 Å². The Morgan fingerprint density at radius 2 is 1.36 bits per heavy atom. The van der Waals surface area contributed by atoms with Crippen LogP contribution < -0.4 is 0 Å². The van der Waals surface area contributed by atoms with Gasteiger partial charge in [0, 0.05) is 19.6 Å². The zero-order valence-electron chi connectivity index (χ0n) is 15.3. The molecular formula is C23H20N2O3. The Kier molecular flexibility index (Phi) is 4.00. The highest BCUT2D eigenvalue weighted by Gasteiger charge is 2.36. The molecular weight excluding hydrogens is 352 g/mol. The van der Waals surface area contributed by atoms with Crippen molar-refractivity contribution in [2.75, 3.05) is 13.1 Å². The van der Waals surface area contributed by atoms with E-state index >= 15 is 0 Å². The first-order valence-corrected chi connectivity index (χ1v) is 9.47. The normalized spacial score (nSPS) is 17.2. The molecule has 2 aliphatic heterocycles. The lowest BCUT2D eigenvalue weighted by Gasteiger charge is -2.31. The van der Waals surface area contributed by atoms with Crippen LogP contribution in [0.2, 0.25) is 0 Å². The van der Waals surface area contributed by atoms with Crippen LogP contribution in [-0.2, 0) is 13.1 Å². The second-order valence-corrected chi connectivity index (χ2v) is 7.52. The number of fused-ring (bicyclic) bond motifs is 1. The fraction of sp³-hybridized carbons (Fsp3) is 0.217. The smallest absolute Gasteiger partial charge is 0.261 e. The number of amides is 2. The number of benzene rings is 3. The first-order chi connectivity index (χ1) is 13.6. The van der Waals surface area contributed by atoms with Crippen molar-refractivity contribution < 1.29 is 14.7 Å². The van der Waals surface area contributed by atoms with Crippen molar-refractivity contribution in [2.45, 2.75) is 19.2 Å². The van der Waals surface area contributed by atoms with Crippen LogP contribution in [0.5, 0.6) is 0 Å². The number of carbonyl (C=O) groups is 2. The van der Waals surface area contributed by atoms with Gasteiger partial charge in [-0.3, -0.25) is 19.4 Å². The first-order valence-electron chi connectivity index (χ1n) is 9.47. The van der Waals surface area contributed by atoms with Gasteiger partial charge in [0.1, 0.15) is 0 Å². The van der Waals surface area contributed by atoms with Gasteiger partial charge in [-0.25, -0.2) is 0 Å². The van der Waals surface area contributed by atoms with Gasteiger partial charge in [0.2, 0.25) is 0 Å². The number of hydrogen-bond donors (Lipinski definition) is 1. The third-order valence-corrected chi connectivity index (χ3v) is 5.61. The third-order valence-electron chi connectivity index (χ3n) is 5.61.